The minimum Gasteiger partial charge on any atom is -0.324 e. The summed E-state index contributed by atoms with van der Waals surface area (Å²) in [6, 6.07) is 16.5. The first-order valence-electron chi connectivity index (χ1n) is 9.63. The molecule has 0 aromatic heterocycles. The van der Waals surface area contributed by atoms with Gasteiger partial charge in [0.2, 0.25) is 0 Å². The van der Waals surface area contributed by atoms with Gasteiger partial charge in [0.1, 0.15) is 0 Å². The molecule has 5 nitrogen and oxygen atoms in total. The Morgan fingerprint density at radius 1 is 1.10 bits per heavy atom. The van der Waals surface area contributed by atoms with Gasteiger partial charge in [0.25, 0.3) is 10.0 Å². The number of carbonyl (C=O) groups excluding carboxylic acids is 1. The molecule has 29 heavy (non-hydrogen) atoms. The molecule has 2 amide bonds. The van der Waals surface area contributed by atoms with Crippen LogP contribution in [0.3, 0.4) is 0 Å². The van der Waals surface area contributed by atoms with Crippen LogP contribution in [0, 0.1) is 5.92 Å². The van der Waals surface area contributed by atoms with E-state index < -0.39 is 16.1 Å². The van der Waals surface area contributed by atoms with Crippen LogP contribution in [-0.2, 0) is 16.4 Å². The van der Waals surface area contributed by atoms with Crippen molar-refractivity contribution in [2.45, 2.75) is 26.2 Å². The number of rotatable bonds is 5. The Bertz CT molecular complexity index is 965. The molecule has 0 aliphatic carbocycles. The molecule has 1 fully saturated rings. The molecule has 1 heterocycles. The van der Waals surface area contributed by atoms with Crippen LogP contribution in [0.5, 0.6) is 0 Å². The van der Waals surface area contributed by atoms with Crippen LogP contribution in [-0.4, -0.2) is 32.4 Å². The molecule has 2 aromatic rings. The molecule has 1 aliphatic rings. The summed E-state index contributed by atoms with van der Waals surface area (Å²) in [5.74, 6) is 0.504. The van der Waals surface area contributed by atoms with Gasteiger partial charge in [-0.2, -0.15) is 0 Å². The first-order chi connectivity index (χ1) is 13.8. The topological polar surface area (TPSA) is 66.5 Å². The second kappa shape index (κ2) is 9.46. The van der Waals surface area contributed by atoms with Gasteiger partial charge in [-0.1, -0.05) is 54.1 Å². The van der Waals surface area contributed by atoms with E-state index in [-0.39, 0.29) is 4.91 Å². The lowest BCUT2D eigenvalue weighted by Gasteiger charge is -2.32. The highest BCUT2D eigenvalue weighted by molar-refractivity contribution is 7.94. The summed E-state index contributed by atoms with van der Waals surface area (Å²) in [5.41, 5.74) is 1.99. The zero-order valence-electron chi connectivity index (χ0n) is 16.3. The lowest BCUT2D eigenvalue weighted by atomic mass is 9.90. The van der Waals surface area contributed by atoms with Gasteiger partial charge in [0.05, 0.1) is 4.91 Å². The highest BCUT2D eigenvalue weighted by Crippen LogP contribution is 2.22. The Labute approximate surface area is 177 Å². The predicted molar refractivity (Wildman–Crippen MR) is 117 cm³/mol. The van der Waals surface area contributed by atoms with E-state index in [4.69, 9.17) is 11.6 Å². The minimum atomic E-state index is -3.89. The molecule has 1 saturated heterocycles. The van der Waals surface area contributed by atoms with E-state index in [1.54, 1.807) is 29.2 Å². The van der Waals surface area contributed by atoms with Gasteiger partial charge in [0.15, 0.2) is 0 Å². The Morgan fingerprint density at radius 2 is 1.72 bits per heavy atom. The normalized spacial score (nSPS) is 15.9. The van der Waals surface area contributed by atoms with E-state index in [0.717, 1.165) is 19.3 Å². The van der Waals surface area contributed by atoms with Crippen molar-refractivity contribution in [2.24, 2.45) is 5.92 Å². The lowest BCUT2D eigenvalue weighted by Crippen LogP contribution is -2.46. The third-order valence-electron chi connectivity index (χ3n) is 5.15. The number of nitrogens with zero attached hydrogens (tertiary/aromatic N) is 1. The number of benzene rings is 2. The van der Waals surface area contributed by atoms with Crippen LogP contribution < -0.4 is 4.72 Å². The van der Waals surface area contributed by atoms with E-state index in [0.29, 0.717) is 29.6 Å². The Balaban J connectivity index is 1.55. The second-order valence-corrected chi connectivity index (χ2v) is 9.63. The molecule has 0 atom stereocenters. The summed E-state index contributed by atoms with van der Waals surface area (Å²) in [5, 5.41) is 0.576. The third-order valence-corrected chi connectivity index (χ3v) is 6.82. The van der Waals surface area contributed by atoms with Crippen LogP contribution in [0.15, 0.2) is 59.5 Å². The van der Waals surface area contributed by atoms with Crippen molar-refractivity contribution in [1.82, 2.24) is 9.62 Å². The molecule has 0 radical (unpaired) electrons. The monoisotopic (exact) mass is 432 g/mol. The molecule has 2 aromatic carbocycles. The number of likely N-dealkylation sites (tertiary alicyclic amines) is 1. The summed E-state index contributed by atoms with van der Waals surface area (Å²) in [7, 11) is -3.89. The zero-order valence-corrected chi connectivity index (χ0v) is 17.9. The number of allylic oxidation sites excluding steroid dienone is 1. The highest BCUT2D eigenvalue weighted by Gasteiger charge is 2.26. The van der Waals surface area contributed by atoms with Crippen molar-refractivity contribution < 1.29 is 13.2 Å². The summed E-state index contributed by atoms with van der Waals surface area (Å²) < 4.78 is 27.2. The van der Waals surface area contributed by atoms with Crippen LogP contribution >= 0.6 is 11.6 Å². The number of hydrogen-bond acceptors (Lipinski definition) is 3. The fourth-order valence-electron chi connectivity index (χ4n) is 3.42. The van der Waals surface area contributed by atoms with E-state index in [1.165, 1.54) is 18.6 Å². The highest BCUT2D eigenvalue weighted by atomic mass is 35.5. The maximum absolute atomic E-state index is 12.5. The Hall–Kier alpha value is -2.31. The fraction of sp³-hybridized carbons (Fsp3) is 0.318. The maximum Gasteiger partial charge on any atom is 0.331 e. The van der Waals surface area contributed by atoms with Gasteiger partial charge >= 0.3 is 6.03 Å². The van der Waals surface area contributed by atoms with Crippen molar-refractivity contribution in [3.05, 3.63) is 75.7 Å². The molecule has 0 bridgehead atoms. The van der Waals surface area contributed by atoms with Gasteiger partial charge in [-0.05, 0) is 61.4 Å². The van der Waals surface area contributed by atoms with E-state index in [2.05, 4.69) is 16.9 Å². The molecule has 0 unspecified atom stereocenters. The van der Waals surface area contributed by atoms with Gasteiger partial charge < -0.3 is 4.90 Å². The molecule has 154 valence electrons. The number of halogens is 1. The second-order valence-electron chi connectivity index (χ2n) is 7.34. The number of carbonyl (C=O) groups is 1. The number of amides is 2. The Morgan fingerprint density at radius 3 is 2.34 bits per heavy atom. The first-order valence-corrected chi connectivity index (χ1v) is 11.5. The molecular formula is C22H25ClN2O3S. The quantitative estimate of drug-likeness (QED) is 0.744. The molecule has 1 aliphatic heterocycles. The van der Waals surface area contributed by atoms with Crippen LogP contribution in [0.25, 0.3) is 6.08 Å². The predicted octanol–water partition coefficient (Wildman–Crippen LogP) is 4.69. The average Bonchev–Trinajstić information content (AvgIpc) is 2.70. The summed E-state index contributed by atoms with van der Waals surface area (Å²) in [4.78, 5) is 14.1. The SMILES string of the molecule is C/C(=C\c1ccc(Cl)cc1)S(=O)(=O)NC(=O)N1CCC(Cc2ccccc2)CC1. The van der Waals surface area contributed by atoms with Crippen molar-refractivity contribution >= 4 is 33.7 Å². The fourth-order valence-corrected chi connectivity index (χ4v) is 4.36. The van der Waals surface area contributed by atoms with E-state index in [9.17, 15) is 13.2 Å². The van der Waals surface area contributed by atoms with Crippen LogP contribution in [0.4, 0.5) is 4.79 Å². The molecule has 0 saturated carbocycles. The maximum atomic E-state index is 12.5. The van der Waals surface area contributed by atoms with E-state index >= 15 is 0 Å². The molecule has 7 heteroatoms. The van der Waals surface area contributed by atoms with Crippen molar-refractivity contribution in [1.29, 1.82) is 0 Å². The summed E-state index contributed by atoms with van der Waals surface area (Å²) in [6.45, 7) is 2.58. The van der Waals surface area contributed by atoms with Gasteiger partial charge in [-0.15, -0.1) is 0 Å². The lowest BCUT2D eigenvalue weighted by molar-refractivity contribution is 0.175. The zero-order chi connectivity index (χ0) is 20.9. The van der Waals surface area contributed by atoms with Crippen LogP contribution in [0.2, 0.25) is 5.02 Å². The number of sulfonamides is 1. The number of nitrogens with one attached hydrogen (secondary N) is 1. The third kappa shape index (κ3) is 6.08. The van der Waals surface area contributed by atoms with Crippen molar-refractivity contribution in [3.63, 3.8) is 0 Å². The van der Waals surface area contributed by atoms with Crippen molar-refractivity contribution in [2.75, 3.05) is 13.1 Å². The standard InChI is InChI=1S/C22H25ClN2O3S/c1-17(15-19-7-9-21(23)10-8-19)29(27,28)24-22(26)25-13-11-20(12-14-25)16-18-5-3-2-4-6-18/h2-10,15,20H,11-14,16H2,1H3,(H,24,26)/b17-15+. The minimum absolute atomic E-state index is 0.0761. The molecule has 0 spiro atoms. The smallest absolute Gasteiger partial charge is 0.324 e. The number of hydrogen-bond donors (Lipinski definition) is 1. The largest absolute Gasteiger partial charge is 0.331 e. The van der Waals surface area contributed by atoms with Gasteiger partial charge in [-0.3, -0.25) is 0 Å². The van der Waals surface area contributed by atoms with Crippen LogP contribution in [0.1, 0.15) is 30.9 Å². The Kier molecular flexibility index (Phi) is 6.98. The summed E-state index contributed by atoms with van der Waals surface area (Å²) in [6.07, 6.45) is 4.22. The van der Waals surface area contributed by atoms with Gasteiger partial charge in [0, 0.05) is 18.1 Å². The van der Waals surface area contributed by atoms with Crippen molar-refractivity contribution in [3.8, 4) is 0 Å². The summed E-state index contributed by atoms with van der Waals surface area (Å²) >= 11 is 5.85. The van der Waals surface area contributed by atoms with E-state index in [1.807, 2.05) is 18.2 Å². The first kappa shape index (κ1) is 21.4. The molecule has 1 N–H and O–H groups in total. The number of urea groups is 1. The van der Waals surface area contributed by atoms with Gasteiger partial charge in [-0.25, -0.2) is 17.9 Å². The molecule has 3 rings (SSSR count). The average molecular weight is 433 g/mol. The molecular weight excluding hydrogens is 408 g/mol. The number of piperidine rings is 1.